The molecule has 0 aliphatic carbocycles. The third-order valence-electron chi connectivity index (χ3n) is 3.80. The topological polar surface area (TPSA) is 26.3 Å². The zero-order chi connectivity index (χ0) is 13.0. The molecule has 0 unspecified atom stereocenters. The Morgan fingerprint density at radius 3 is 2.58 bits per heavy atom. The molecule has 0 radical (unpaired) electrons. The predicted molar refractivity (Wildman–Crippen MR) is 75.9 cm³/mol. The fourth-order valence-corrected chi connectivity index (χ4v) is 3.11. The molecule has 4 heteroatoms. The number of piperidine rings is 1. The third-order valence-corrected chi connectivity index (χ3v) is 4.52. The second-order valence-corrected chi connectivity index (χ2v) is 5.95. The Labute approximate surface area is 133 Å². The smallest absolute Gasteiger partial charge is 0.846 e. The van der Waals surface area contributed by atoms with E-state index in [1.165, 1.54) is 11.3 Å². The average Bonchev–Trinajstić information content (AvgIpc) is 2.42. The summed E-state index contributed by atoms with van der Waals surface area (Å²) in [5.41, 5.74) is 0.112. The molecule has 0 aromatic heterocycles. The van der Waals surface area contributed by atoms with Crippen LogP contribution >= 0.6 is 11.8 Å². The first-order valence-electron chi connectivity index (χ1n) is 6.75. The number of nitrogens with zero attached hydrogens (tertiary/aromatic N) is 1. The van der Waals surface area contributed by atoms with Crippen molar-refractivity contribution in [2.45, 2.75) is 36.7 Å². The minimum absolute atomic E-state index is 0. The molecule has 100 valence electrons. The van der Waals surface area contributed by atoms with Crippen LogP contribution in [0.25, 0.3) is 0 Å². The number of thioether (sulfide) groups is 1. The summed E-state index contributed by atoms with van der Waals surface area (Å²) in [7, 11) is 0. The van der Waals surface area contributed by atoms with Gasteiger partial charge in [0.25, 0.3) is 0 Å². The van der Waals surface area contributed by atoms with Gasteiger partial charge in [-0.15, -0.1) is 11.8 Å². The average molecular weight is 271 g/mol. The van der Waals surface area contributed by atoms with E-state index < -0.39 is 5.60 Å². The van der Waals surface area contributed by atoms with Crippen LogP contribution < -0.4 is 24.0 Å². The summed E-state index contributed by atoms with van der Waals surface area (Å²) < 4.78 is 0. The molecule has 1 heterocycles. The Balaban J connectivity index is 0.00000180. The number of likely N-dealkylation sites (tertiary alicyclic amines) is 1. The first-order chi connectivity index (χ1) is 8.68. The number of benzene rings is 1. The van der Waals surface area contributed by atoms with Crippen molar-refractivity contribution < 1.29 is 24.0 Å². The molecule has 0 spiro atoms. The SMILES string of the molecule is CCCN1CCC([O-])(c2cccc(SC)c2)CC1.[Li+]. The molecular weight excluding hydrogens is 249 g/mol. The van der Waals surface area contributed by atoms with Crippen LogP contribution in [0.5, 0.6) is 0 Å². The quantitative estimate of drug-likeness (QED) is 0.544. The van der Waals surface area contributed by atoms with Gasteiger partial charge >= 0.3 is 18.9 Å². The molecular formula is C15H22LiNOS. The molecule has 19 heavy (non-hydrogen) atoms. The van der Waals surface area contributed by atoms with E-state index >= 15 is 0 Å². The van der Waals surface area contributed by atoms with E-state index in [0.717, 1.165) is 38.0 Å². The zero-order valence-corrected chi connectivity index (χ0v) is 13.1. The first-order valence-corrected chi connectivity index (χ1v) is 7.98. The summed E-state index contributed by atoms with van der Waals surface area (Å²) in [6.07, 6.45) is 4.71. The molecule has 0 saturated carbocycles. The fourth-order valence-electron chi connectivity index (χ4n) is 2.65. The van der Waals surface area contributed by atoms with Gasteiger partial charge in [-0.05, 0) is 57.3 Å². The standard InChI is InChI=1S/C15H22NOS.Li/c1-3-9-16-10-7-15(17,8-11-16)13-5-4-6-14(12-13)18-2;/h4-6,12H,3,7-11H2,1-2H3;/q-1;+1. The molecule has 0 N–H and O–H groups in total. The van der Waals surface area contributed by atoms with E-state index in [0.29, 0.717) is 0 Å². The minimum atomic E-state index is -0.865. The summed E-state index contributed by atoms with van der Waals surface area (Å²) in [5, 5.41) is 12.9. The van der Waals surface area contributed by atoms with Gasteiger partial charge in [0.2, 0.25) is 0 Å². The molecule has 1 aromatic rings. The van der Waals surface area contributed by atoms with Crippen molar-refractivity contribution in [3.63, 3.8) is 0 Å². The molecule has 2 rings (SSSR count). The monoisotopic (exact) mass is 271 g/mol. The fraction of sp³-hybridized carbons (Fsp3) is 0.600. The van der Waals surface area contributed by atoms with Crippen LogP contribution in [-0.4, -0.2) is 30.8 Å². The normalized spacial score (nSPS) is 18.9. The molecule has 1 aliphatic rings. The van der Waals surface area contributed by atoms with Crippen molar-refractivity contribution in [3.05, 3.63) is 29.8 Å². The molecule has 1 aliphatic heterocycles. The van der Waals surface area contributed by atoms with Crippen molar-refractivity contribution in [2.75, 3.05) is 25.9 Å². The van der Waals surface area contributed by atoms with E-state index in [4.69, 9.17) is 0 Å². The van der Waals surface area contributed by atoms with Crippen LogP contribution in [0.4, 0.5) is 0 Å². The van der Waals surface area contributed by atoms with E-state index in [2.05, 4.69) is 30.2 Å². The molecule has 1 fully saturated rings. The summed E-state index contributed by atoms with van der Waals surface area (Å²) in [4.78, 5) is 3.60. The van der Waals surface area contributed by atoms with E-state index in [1.807, 2.05) is 12.1 Å². The Kier molecular flexibility index (Phi) is 7.00. The van der Waals surface area contributed by atoms with Gasteiger partial charge in [0, 0.05) is 4.90 Å². The summed E-state index contributed by atoms with van der Waals surface area (Å²) in [5.74, 6) is 0. The molecule has 2 nitrogen and oxygen atoms in total. The molecule has 0 atom stereocenters. The van der Waals surface area contributed by atoms with E-state index in [9.17, 15) is 5.11 Å². The molecule has 0 bridgehead atoms. The van der Waals surface area contributed by atoms with Crippen LogP contribution in [0.2, 0.25) is 0 Å². The van der Waals surface area contributed by atoms with Gasteiger partial charge in [-0.3, -0.25) is 0 Å². The largest absolute Gasteiger partial charge is 1.00 e. The van der Waals surface area contributed by atoms with Crippen molar-refractivity contribution in [2.24, 2.45) is 0 Å². The maximum absolute atomic E-state index is 12.9. The number of hydrogen-bond donors (Lipinski definition) is 0. The van der Waals surface area contributed by atoms with Crippen LogP contribution in [0.15, 0.2) is 29.2 Å². The van der Waals surface area contributed by atoms with E-state index in [-0.39, 0.29) is 18.9 Å². The maximum Gasteiger partial charge on any atom is 1.00 e. The first kappa shape index (κ1) is 17.1. The van der Waals surface area contributed by atoms with Gasteiger partial charge in [-0.25, -0.2) is 0 Å². The van der Waals surface area contributed by atoms with Crippen LogP contribution in [0, 0.1) is 0 Å². The van der Waals surface area contributed by atoms with Crippen molar-refractivity contribution in [1.82, 2.24) is 4.90 Å². The Hall–Kier alpha value is 0.0874. The molecule has 1 aromatic carbocycles. The van der Waals surface area contributed by atoms with Gasteiger partial charge in [0.1, 0.15) is 0 Å². The minimum Gasteiger partial charge on any atom is -0.846 e. The summed E-state index contributed by atoms with van der Waals surface area (Å²) in [6, 6.07) is 8.17. The van der Waals surface area contributed by atoms with Crippen molar-refractivity contribution in [3.8, 4) is 0 Å². The van der Waals surface area contributed by atoms with Crippen LogP contribution in [0.1, 0.15) is 31.7 Å². The van der Waals surface area contributed by atoms with Gasteiger partial charge in [-0.1, -0.05) is 30.2 Å². The maximum atomic E-state index is 12.9. The van der Waals surface area contributed by atoms with E-state index in [1.54, 1.807) is 11.8 Å². The van der Waals surface area contributed by atoms with Gasteiger partial charge in [0.15, 0.2) is 0 Å². The zero-order valence-electron chi connectivity index (χ0n) is 12.3. The Bertz CT molecular complexity index is 391. The predicted octanol–water partition coefficient (Wildman–Crippen LogP) is -0.526. The van der Waals surface area contributed by atoms with Crippen LogP contribution in [0.3, 0.4) is 0 Å². The van der Waals surface area contributed by atoms with Gasteiger partial charge < -0.3 is 10.0 Å². The third kappa shape index (κ3) is 4.28. The Morgan fingerprint density at radius 2 is 2.00 bits per heavy atom. The van der Waals surface area contributed by atoms with Gasteiger partial charge in [-0.2, -0.15) is 0 Å². The van der Waals surface area contributed by atoms with Crippen molar-refractivity contribution in [1.29, 1.82) is 0 Å². The van der Waals surface area contributed by atoms with Gasteiger partial charge in [0.05, 0.1) is 0 Å². The Morgan fingerprint density at radius 1 is 1.32 bits per heavy atom. The summed E-state index contributed by atoms with van der Waals surface area (Å²) in [6.45, 7) is 5.21. The van der Waals surface area contributed by atoms with Crippen molar-refractivity contribution >= 4 is 11.8 Å². The second-order valence-electron chi connectivity index (χ2n) is 5.07. The molecule has 0 amide bonds. The number of rotatable bonds is 4. The van der Waals surface area contributed by atoms with Crippen LogP contribution in [-0.2, 0) is 5.60 Å². The number of hydrogen-bond acceptors (Lipinski definition) is 3. The summed E-state index contributed by atoms with van der Waals surface area (Å²) >= 11 is 1.71. The second kappa shape index (κ2) is 7.76. The molecule has 1 saturated heterocycles.